The molecule has 3 rings (SSSR count). The number of ketones is 1. The molecule has 0 unspecified atom stereocenters. The van der Waals surface area contributed by atoms with Crippen molar-refractivity contribution in [3.05, 3.63) is 53.1 Å². The summed E-state index contributed by atoms with van der Waals surface area (Å²) in [5, 5.41) is 11.3. The topological polar surface area (TPSA) is 97.8 Å². The summed E-state index contributed by atoms with van der Waals surface area (Å²) in [7, 11) is 8.37. The summed E-state index contributed by atoms with van der Waals surface area (Å²) in [6.07, 6.45) is 0.643. The van der Waals surface area contributed by atoms with Gasteiger partial charge in [0.05, 0.1) is 39.6 Å². The van der Waals surface area contributed by atoms with E-state index in [9.17, 15) is 14.7 Å². The zero-order chi connectivity index (χ0) is 26.4. The molecule has 1 heterocycles. The van der Waals surface area contributed by atoms with Crippen molar-refractivity contribution in [1.29, 1.82) is 0 Å². The van der Waals surface area contributed by atoms with Gasteiger partial charge < -0.3 is 33.9 Å². The monoisotopic (exact) mass is 498 g/mol. The Morgan fingerprint density at radius 3 is 2.11 bits per heavy atom. The highest BCUT2D eigenvalue weighted by atomic mass is 16.5. The van der Waals surface area contributed by atoms with E-state index in [0.29, 0.717) is 53.7 Å². The van der Waals surface area contributed by atoms with Crippen LogP contribution in [0.15, 0.2) is 42.0 Å². The first-order valence-corrected chi connectivity index (χ1v) is 11.7. The summed E-state index contributed by atoms with van der Waals surface area (Å²) in [6.45, 7) is 3.43. The molecular formula is C27H34N2O7. The molecule has 36 heavy (non-hydrogen) atoms. The van der Waals surface area contributed by atoms with Crippen LogP contribution < -0.4 is 18.9 Å². The number of amides is 1. The molecule has 9 heteroatoms. The number of ether oxygens (including phenoxy) is 4. The predicted octanol–water partition coefficient (Wildman–Crippen LogP) is 3.48. The lowest BCUT2D eigenvalue weighted by Crippen LogP contribution is -2.32. The average Bonchev–Trinajstić information content (AvgIpc) is 3.12. The number of aliphatic hydroxyl groups is 1. The van der Waals surface area contributed by atoms with Gasteiger partial charge in [-0.3, -0.25) is 9.59 Å². The van der Waals surface area contributed by atoms with Crippen molar-refractivity contribution >= 4 is 17.4 Å². The Morgan fingerprint density at radius 2 is 1.61 bits per heavy atom. The van der Waals surface area contributed by atoms with Gasteiger partial charge in [0.15, 0.2) is 11.5 Å². The van der Waals surface area contributed by atoms with Crippen LogP contribution in [0.2, 0.25) is 0 Å². The van der Waals surface area contributed by atoms with Crippen molar-refractivity contribution in [2.45, 2.75) is 19.4 Å². The van der Waals surface area contributed by atoms with Crippen LogP contribution in [0.5, 0.6) is 23.0 Å². The molecule has 1 fully saturated rings. The first-order chi connectivity index (χ1) is 17.3. The zero-order valence-electron chi connectivity index (χ0n) is 21.7. The van der Waals surface area contributed by atoms with Gasteiger partial charge >= 0.3 is 0 Å². The Kier molecular flexibility index (Phi) is 8.82. The van der Waals surface area contributed by atoms with Gasteiger partial charge in [0, 0.05) is 12.1 Å². The van der Waals surface area contributed by atoms with Gasteiger partial charge in [-0.2, -0.15) is 0 Å². The standard InChI is InChI=1S/C27H34N2O7/c1-7-36-19-11-9-17(10-12-19)24(30)22-23(29(27(32)25(22)31)14-8-13-28(2)3)18-15-20(33-4)26(35-6)21(16-18)34-5/h9-12,15-16,23,30H,7-8,13-14H2,1-6H3/b24-22+/t23-/m0/s1. The molecule has 0 aromatic heterocycles. The average molecular weight is 499 g/mol. The van der Waals surface area contributed by atoms with Gasteiger partial charge in [-0.05, 0) is 75.9 Å². The molecule has 1 amide bonds. The van der Waals surface area contributed by atoms with Crippen LogP contribution in [0.3, 0.4) is 0 Å². The number of likely N-dealkylation sites (tertiary alicyclic amines) is 1. The molecule has 194 valence electrons. The molecule has 1 N–H and O–H groups in total. The normalized spacial score (nSPS) is 17.0. The van der Waals surface area contributed by atoms with E-state index in [1.165, 1.54) is 26.2 Å². The zero-order valence-corrected chi connectivity index (χ0v) is 21.7. The highest BCUT2D eigenvalue weighted by Crippen LogP contribution is 2.45. The summed E-state index contributed by atoms with van der Waals surface area (Å²) in [6, 6.07) is 9.29. The van der Waals surface area contributed by atoms with Crippen LogP contribution in [0, 0.1) is 0 Å². The third-order valence-corrected chi connectivity index (χ3v) is 5.99. The van der Waals surface area contributed by atoms with Gasteiger partial charge in [0.2, 0.25) is 5.75 Å². The SMILES string of the molecule is CCOc1ccc(/C(O)=C2\C(=O)C(=O)N(CCCN(C)C)[C@H]2c2cc(OC)c(OC)c(OC)c2)cc1. The van der Waals surface area contributed by atoms with E-state index in [1.807, 2.05) is 25.9 Å². The number of nitrogens with zero attached hydrogens (tertiary/aromatic N) is 2. The van der Waals surface area contributed by atoms with Crippen molar-refractivity contribution < 1.29 is 33.6 Å². The highest BCUT2D eigenvalue weighted by molar-refractivity contribution is 6.46. The fourth-order valence-electron chi connectivity index (χ4n) is 4.30. The van der Waals surface area contributed by atoms with Crippen LogP contribution in [-0.2, 0) is 9.59 Å². The van der Waals surface area contributed by atoms with Crippen molar-refractivity contribution in [1.82, 2.24) is 9.80 Å². The van der Waals surface area contributed by atoms with Crippen molar-refractivity contribution in [3.63, 3.8) is 0 Å². The van der Waals surface area contributed by atoms with Gasteiger partial charge in [-0.25, -0.2) is 0 Å². The summed E-state index contributed by atoms with van der Waals surface area (Å²) >= 11 is 0. The summed E-state index contributed by atoms with van der Waals surface area (Å²) < 4.78 is 21.9. The third kappa shape index (κ3) is 5.41. The Hall–Kier alpha value is -3.72. The molecule has 0 radical (unpaired) electrons. The molecule has 1 aliphatic heterocycles. The summed E-state index contributed by atoms with van der Waals surface area (Å²) in [5.74, 6) is 0.119. The minimum atomic E-state index is -0.840. The number of rotatable bonds is 11. The van der Waals surface area contributed by atoms with E-state index < -0.39 is 17.7 Å². The smallest absolute Gasteiger partial charge is 0.295 e. The van der Waals surface area contributed by atoms with E-state index in [1.54, 1.807) is 36.4 Å². The molecule has 2 aromatic carbocycles. The predicted molar refractivity (Wildman–Crippen MR) is 136 cm³/mol. The molecule has 9 nitrogen and oxygen atoms in total. The lowest BCUT2D eigenvalue weighted by atomic mass is 9.94. The lowest BCUT2D eigenvalue weighted by molar-refractivity contribution is -0.139. The minimum Gasteiger partial charge on any atom is -0.507 e. The fraction of sp³-hybridized carbons (Fsp3) is 0.407. The van der Waals surface area contributed by atoms with Crippen molar-refractivity contribution in [2.24, 2.45) is 0 Å². The first kappa shape index (κ1) is 26.9. The van der Waals surface area contributed by atoms with E-state index in [2.05, 4.69) is 0 Å². The molecule has 0 bridgehead atoms. The van der Waals surface area contributed by atoms with Gasteiger partial charge in [0.25, 0.3) is 11.7 Å². The molecule has 2 aromatic rings. The lowest BCUT2D eigenvalue weighted by Gasteiger charge is -2.27. The number of hydrogen-bond acceptors (Lipinski definition) is 8. The molecular weight excluding hydrogens is 464 g/mol. The fourth-order valence-corrected chi connectivity index (χ4v) is 4.30. The van der Waals surface area contributed by atoms with Crippen molar-refractivity contribution in [2.75, 3.05) is 55.1 Å². The molecule has 0 saturated carbocycles. The second-order valence-corrected chi connectivity index (χ2v) is 8.57. The Bertz CT molecular complexity index is 1100. The number of benzene rings is 2. The van der Waals surface area contributed by atoms with Crippen LogP contribution in [0.25, 0.3) is 5.76 Å². The number of hydrogen-bond donors (Lipinski definition) is 1. The van der Waals surface area contributed by atoms with Gasteiger partial charge in [-0.1, -0.05) is 0 Å². The quantitative estimate of drug-likeness (QED) is 0.286. The maximum atomic E-state index is 13.3. The number of carbonyl (C=O) groups is 2. The van der Waals surface area contributed by atoms with Crippen molar-refractivity contribution in [3.8, 4) is 23.0 Å². The summed E-state index contributed by atoms with van der Waals surface area (Å²) in [5.41, 5.74) is 0.964. The van der Waals surface area contributed by atoms with Crippen LogP contribution in [0.1, 0.15) is 30.5 Å². The molecule has 1 atom stereocenters. The van der Waals surface area contributed by atoms with Gasteiger partial charge in [-0.15, -0.1) is 0 Å². The Balaban J connectivity index is 2.18. The maximum absolute atomic E-state index is 13.3. The first-order valence-electron chi connectivity index (χ1n) is 11.7. The molecule has 0 aliphatic carbocycles. The second-order valence-electron chi connectivity index (χ2n) is 8.57. The number of Topliss-reactive ketones (excluding diaryl/α,β-unsaturated/α-hetero) is 1. The molecule has 1 aliphatic rings. The number of aliphatic hydroxyl groups excluding tert-OH is 1. The maximum Gasteiger partial charge on any atom is 0.295 e. The Morgan fingerprint density at radius 1 is 1.00 bits per heavy atom. The molecule has 1 saturated heterocycles. The highest BCUT2D eigenvalue weighted by Gasteiger charge is 2.46. The number of methoxy groups -OCH3 is 3. The number of carbonyl (C=O) groups excluding carboxylic acids is 2. The van der Waals surface area contributed by atoms with Crippen LogP contribution in [0.4, 0.5) is 0 Å². The van der Waals surface area contributed by atoms with E-state index >= 15 is 0 Å². The minimum absolute atomic E-state index is 0.00304. The largest absolute Gasteiger partial charge is 0.507 e. The van der Waals surface area contributed by atoms with Crippen LogP contribution >= 0.6 is 0 Å². The van der Waals surface area contributed by atoms with E-state index in [4.69, 9.17) is 18.9 Å². The third-order valence-electron chi connectivity index (χ3n) is 5.99. The second kappa shape index (κ2) is 11.8. The Labute approximate surface area is 211 Å². The van der Waals surface area contributed by atoms with E-state index in [-0.39, 0.29) is 11.3 Å². The van der Waals surface area contributed by atoms with Crippen LogP contribution in [-0.4, -0.2) is 81.7 Å². The van der Waals surface area contributed by atoms with Gasteiger partial charge in [0.1, 0.15) is 11.5 Å². The van der Waals surface area contributed by atoms with E-state index in [0.717, 1.165) is 6.54 Å². The summed E-state index contributed by atoms with van der Waals surface area (Å²) in [4.78, 5) is 30.0. The molecule has 0 spiro atoms.